The van der Waals surface area contributed by atoms with Crippen molar-refractivity contribution in [3.63, 3.8) is 0 Å². The van der Waals surface area contributed by atoms with Crippen LogP contribution in [0, 0.1) is 5.41 Å². The smallest absolute Gasteiger partial charge is 0.0931 e. The maximum Gasteiger partial charge on any atom is 0.0931 e. The van der Waals surface area contributed by atoms with Gasteiger partial charge < -0.3 is 9.67 Å². The number of aliphatic hydroxyl groups is 1. The number of fused-ring (bicyclic) bond motifs is 1. The van der Waals surface area contributed by atoms with Crippen molar-refractivity contribution in [1.29, 1.82) is 0 Å². The monoisotopic (exact) mass is 309 g/mol. The molecule has 1 aliphatic carbocycles. The average Bonchev–Trinajstić information content (AvgIpc) is 2.92. The Kier molecular flexibility index (Phi) is 3.69. The molecule has 1 aliphatic rings. The molecule has 0 aromatic carbocycles. The summed E-state index contributed by atoms with van der Waals surface area (Å²) in [4.78, 5) is 1.31. The Labute approximate surface area is 129 Å². The zero-order valence-electron chi connectivity index (χ0n) is 11.9. The molecule has 1 N–H and O–H groups in total. The lowest BCUT2D eigenvalue weighted by Crippen LogP contribution is -2.26. The largest absolute Gasteiger partial charge is 0.388 e. The van der Waals surface area contributed by atoms with Crippen molar-refractivity contribution < 1.29 is 5.11 Å². The van der Waals surface area contributed by atoms with Crippen LogP contribution in [-0.4, -0.2) is 9.67 Å². The van der Waals surface area contributed by atoms with Crippen LogP contribution in [0.1, 0.15) is 42.5 Å². The van der Waals surface area contributed by atoms with Gasteiger partial charge in [0.05, 0.1) is 10.4 Å². The van der Waals surface area contributed by atoms with Gasteiger partial charge in [0.1, 0.15) is 0 Å². The second-order valence-corrected chi connectivity index (χ2v) is 8.23. The lowest BCUT2D eigenvalue weighted by molar-refractivity contribution is 0.0979. The van der Waals surface area contributed by atoms with Gasteiger partial charge in [-0.1, -0.05) is 25.4 Å². The van der Waals surface area contributed by atoms with E-state index in [-0.39, 0.29) is 11.5 Å². The molecule has 20 heavy (non-hydrogen) atoms. The number of nitrogens with zero attached hydrogens (tertiary/aromatic N) is 1. The summed E-state index contributed by atoms with van der Waals surface area (Å²) in [5.41, 5.74) is 2.60. The van der Waals surface area contributed by atoms with E-state index >= 15 is 0 Å². The minimum absolute atomic E-state index is 0.175. The van der Waals surface area contributed by atoms with E-state index in [4.69, 9.17) is 11.6 Å². The van der Waals surface area contributed by atoms with Gasteiger partial charge in [-0.05, 0) is 42.9 Å². The molecular weight excluding hydrogens is 290 g/mol. The molecule has 4 heteroatoms. The Morgan fingerprint density at radius 2 is 2.20 bits per heavy atom. The lowest BCUT2D eigenvalue weighted by atomic mass is 9.75. The zero-order valence-corrected chi connectivity index (χ0v) is 13.5. The molecule has 0 saturated carbocycles. The van der Waals surface area contributed by atoms with E-state index in [0.717, 1.165) is 35.7 Å². The topological polar surface area (TPSA) is 25.2 Å². The molecule has 0 saturated heterocycles. The number of hydrogen-bond donors (Lipinski definition) is 1. The van der Waals surface area contributed by atoms with E-state index in [1.54, 1.807) is 11.3 Å². The number of aromatic nitrogens is 1. The van der Waals surface area contributed by atoms with Crippen molar-refractivity contribution in [2.24, 2.45) is 5.41 Å². The minimum Gasteiger partial charge on any atom is -0.388 e. The Bertz CT molecular complexity index is 614. The standard InChI is InChI=1S/C16H20ClNOS/c1-16(2)9-13-12(14(19)10-16)6-8-18(13)7-5-11-3-4-15(17)20-11/h3-4,6,8,14,19H,5,7,9-10H2,1-2H3. The molecule has 0 spiro atoms. The van der Waals surface area contributed by atoms with Crippen molar-refractivity contribution in [2.75, 3.05) is 0 Å². The maximum atomic E-state index is 10.3. The molecule has 3 rings (SSSR count). The maximum absolute atomic E-state index is 10.3. The minimum atomic E-state index is -0.314. The molecule has 1 atom stereocenters. The molecule has 2 aromatic rings. The quantitative estimate of drug-likeness (QED) is 0.890. The summed E-state index contributed by atoms with van der Waals surface area (Å²) in [7, 11) is 0. The fraction of sp³-hybridized carbons (Fsp3) is 0.500. The zero-order chi connectivity index (χ0) is 14.3. The van der Waals surface area contributed by atoms with E-state index in [2.05, 4.69) is 36.7 Å². The summed E-state index contributed by atoms with van der Waals surface area (Å²) in [6.07, 6.45) is 4.69. The predicted molar refractivity (Wildman–Crippen MR) is 84.5 cm³/mol. The highest BCUT2D eigenvalue weighted by molar-refractivity contribution is 7.16. The van der Waals surface area contributed by atoms with Crippen molar-refractivity contribution >= 4 is 22.9 Å². The van der Waals surface area contributed by atoms with Crippen LogP contribution >= 0.6 is 22.9 Å². The summed E-state index contributed by atoms with van der Waals surface area (Å²) < 4.78 is 3.15. The van der Waals surface area contributed by atoms with Crippen LogP contribution in [0.3, 0.4) is 0 Å². The summed E-state index contributed by atoms with van der Waals surface area (Å²) in [6, 6.07) is 6.14. The van der Waals surface area contributed by atoms with E-state index in [9.17, 15) is 5.11 Å². The van der Waals surface area contributed by atoms with Crippen LogP contribution in [0.15, 0.2) is 24.4 Å². The first-order valence-electron chi connectivity index (χ1n) is 7.05. The van der Waals surface area contributed by atoms with E-state index < -0.39 is 0 Å². The lowest BCUT2D eigenvalue weighted by Gasteiger charge is -2.34. The highest BCUT2D eigenvalue weighted by Crippen LogP contribution is 2.41. The summed E-state index contributed by atoms with van der Waals surface area (Å²) >= 11 is 7.62. The Balaban J connectivity index is 1.78. The number of aliphatic hydroxyl groups excluding tert-OH is 1. The molecule has 0 radical (unpaired) electrons. The first kappa shape index (κ1) is 14.2. The second kappa shape index (κ2) is 5.21. The SMILES string of the molecule is CC1(C)Cc2c(ccn2CCc2ccc(Cl)s2)C(O)C1. The van der Waals surface area contributed by atoms with Gasteiger partial charge in [-0.15, -0.1) is 11.3 Å². The van der Waals surface area contributed by atoms with Gasteiger partial charge in [0.15, 0.2) is 0 Å². The number of thiophene rings is 1. The molecular formula is C16H20ClNOS. The van der Waals surface area contributed by atoms with E-state index in [1.807, 2.05) is 6.07 Å². The van der Waals surface area contributed by atoms with Crippen LogP contribution in [0.2, 0.25) is 4.34 Å². The van der Waals surface area contributed by atoms with E-state index in [1.165, 1.54) is 10.6 Å². The fourth-order valence-electron chi connectivity index (χ4n) is 3.11. The highest BCUT2D eigenvalue weighted by Gasteiger charge is 2.33. The number of halogens is 1. The van der Waals surface area contributed by atoms with Crippen LogP contribution < -0.4 is 0 Å². The summed E-state index contributed by atoms with van der Waals surface area (Å²) in [5.74, 6) is 0. The highest BCUT2D eigenvalue weighted by atomic mass is 35.5. The van der Waals surface area contributed by atoms with Gasteiger partial charge in [0.25, 0.3) is 0 Å². The van der Waals surface area contributed by atoms with Crippen molar-refractivity contribution in [3.05, 3.63) is 44.9 Å². The molecule has 108 valence electrons. The van der Waals surface area contributed by atoms with Crippen LogP contribution in [0.5, 0.6) is 0 Å². The van der Waals surface area contributed by atoms with Crippen LogP contribution in [-0.2, 0) is 19.4 Å². The summed E-state index contributed by atoms with van der Waals surface area (Å²) in [5, 5.41) is 10.3. The van der Waals surface area contributed by atoms with E-state index in [0.29, 0.717) is 0 Å². The Morgan fingerprint density at radius 1 is 1.40 bits per heavy atom. The second-order valence-electron chi connectivity index (χ2n) is 6.43. The molecule has 2 nitrogen and oxygen atoms in total. The van der Waals surface area contributed by atoms with Gasteiger partial charge in [-0.25, -0.2) is 0 Å². The number of aryl methyl sites for hydroxylation is 2. The first-order valence-corrected chi connectivity index (χ1v) is 8.24. The molecule has 2 heterocycles. The third-order valence-electron chi connectivity index (χ3n) is 4.09. The molecule has 0 bridgehead atoms. The van der Waals surface area contributed by atoms with Crippen LogP contribution in [0.4, 0.5) is 0 Å². The fourth-order valence-corrected chi connectivity index (χ4v) is 4.19. The van der Waals surface area contributed by atoms with Gasteiger partial charge in [0, 0.05) is 28.9 Å². The number of hydrogen-bond acceptors (Lipinski definition) is 2. The van der Waals surface area contributed by atoms with Crippen molar-refractivity contribution in [1.82, 2.24) is 4.57 Å². The molecule has 1 unspecified atom stereocenters. The molecule has 0 amide bonds. The van der Waals surface area contributed by atoms with Crippen molar-refractivity contribution in [2.45, 2.75) is 45.8 Å². The van der Waals surface area contributed by atoms with Crippen molar-refractivity contribution in [3.8, 4) is 0 Å². The normalized spacial score (nSPS) is 20.9. The molecule has 2 aromatic heterocycles. The van der Waals surface area contributed by atoms with Gasteiger partial charge in [-0.3, -0.25) is 0 Å². The van der Waals surface area contributed by atoms with Gasteiger partial charge in [-0.2, -0.15) is 0 Å². The van der Waals surface area contributed by atoms with Gasteiger partial charge in [0.2, 0.25) is 0 Å². The molecule has 0 fully saturated rings. The van der Waals surface area contributed by atoms with Gasteiger partial charge >= 0.3 is 0 Å². The third-order valence-corrected chi connectivity index (χ3v) is 5.38. The summed E-state index contributed by atoms with van der Waals surface area (Å²) in [6.45, 7) is 5.42. The average molecular weight is 310 g/mol. The van der Waals surface area contributed by atoms with Crippen LogP contribution in [0.25, 0.3) is 0 Å². The molecule has 0 aliphatic heterocycles. The third kappa shape index (κ3) is 2.80. The Hall–Kier alpha value is -0.770. The number of rotatable bonds is 3. The predicted octanol–water partition coefficient (Wildman–Crippen LogP) is 4.45. The Morgan fingerprint density at radius 3 is 2.90 bits per heavy atom. The first-order chi connectivity index (χ1) is 9.44.